The Bertz CT molecular complexity index is 1170. The zero-order valence-corrected chi connectivity index (χ0v) is 21.3. The van der Waals surface area contributed by atoms with E-state index >= 15 is 0 Å². The number of carboxylic acid groups (broad SMARTS) is 1. The summed E-state index contributed by atoms with van der Waals surface area (Å²) in [6.07, 6.45) is 1.36. The van der Waals surface area contributed by atoms with E-state index in [0.29, 0.717) is 19.4 Å². The number of aromatic hydroxyl groups is 1. The molecule has 12 nitrogen and oxygen atoms in total. The molecule has 1 aliphatic heterocycles. The Balaban J connectivity index is 1.65. The van der Waals surface area contributed by atoms with Gasteiger partial charge in [-0.25, -0.2) is 0 Å². The van der Waals surface area contributed by atoms with Gasteiger partial charge in [0.25, 0.3) is 0 Å². The molecule has 1 heterocycles. The predicted molar refractivity (Wildman–Crippen MR) is 140 cm³/mol. The van der Waals surface area contributed by atoms with Crippen molar-refractivity contribution in [1.29, 1.82) is 0 Å². The van der Waals surface area contributed by atoms with Crippen LogP contribution in [-0.2, 0) is 36.8 Å². The third kappa shape index (κ3) is 8.82. The summed E-state index contributed by atoms with van der Waals surface area (Å²) >= 11 is 0. The number of nitrogens with one attached hydrogen (secondary N) is 3. The van der Waals surface area contributed by atoms with Crippen molar-refractivity contribution in [2.45, 2.75) is 43.8 Å². The van der Waals surface area contributed by atoms with Crippen LogP contribution in [0.2, 0.25) is 0 Å². The van der Waals surface area contributed by atoms with Crippen LogP contribution in [0.5, 0.6) is 5.75 Å². The molecule has 0 spiro atoms. The second-order valence-corrected chi connectivity index (χ2v) is 9.31. The molecule has 1 aliphatic rings. The van der Waals surface area contributed by atoms with Crippen LogP contribution in [0.4, 0.5) is 0 Å². The molecular formula is C27H33N5O7. The van der Waals surface area contributed by atoms with Crippen molar-refractivity contribution in [3.63, 3.8) is 0 Å². The Morgan fingerprint density at radius 3 is 2.26 bits per heavy atom. The van der Waals surface area contributed by atoms with Gasteiger partial charge in [0, 0.05) is 13.0 Å². The number of hydrogen-bond acceptors (Lipinski definition) is 7. The van der Waals surface area contributed by atoms with Crippen molar-refractivity contribution in [3.05, 3.63) is 65.7 Å². The fraction of sp³-hybridized carbons (Fsp3) is 0.370. The highest BCUT2D eigenvalue weighted by Crippen LogP contribution is 2.20. The molecule has 1 fully saturated rings. The molecule has 0 bridgehead atoms. The quantitative estimate of drug-likeness (QED) is 0.204. The molecule has 2 aromatic carbocycles. The molecule has 1 saturated heterocycles. The van der Waals surface area contributed by atoms with Crippen molar-refractivity contribution in [2.24, 2.45) is 5.73 Å². The van der Waals surface area contributed by atoms with Gasteiger partial charge in [0.2, 0.25) is 23.6 Å². The molecule has 2 aromatic rings. The standard InChI is InChI=1S/C27H33N5O7/c28-20(13-18-8-10-19(33)11-9-18)27(39)32-12-4-7-22(32)26(38)31-21(14-17-5-2-1-3-6-17)25(37)30-15-23(34)29-16-24(35)36/h1-3,5-6,8-11,20-22,33H,4,7,12-16,28H2,(H,29,34)(H,30,37)(H,31,38)(H,35,36)/t20-,21-,22+/m1/s1. The second-order valence-electron chi connectivity index (χ2n) is 9.31. The van der Waals surface area contributed by atoms with E-state index in [2.05, 4.69) is 16.0 Å². The van der Waals surface area contributed by atoms with Crippen LogP contribution < -0.4 is 21.7 Å². The van der Waals surface area contributed by atoms with Crippen molar-refractivity contribution in [3.8, 4) is 5.75 Å². The maximum absolute atomic E-state index is 13.3. The van der Waals surface area contributed by atoms with Crippen molar-refractivity contribution >= 4 is 29.6 Å². The smallest absolute Gasteiger partial charge is 0.322 e. The van der Waals surface area contributed by atoms with Crippen molar-refractivity contribution in [1.82, 2.24) is 20.9 Å². The minimum Gasteiger partial charge on any atom is -0.508 e. The zero-order valence-electron chi connectivity index (χ0n) is 21.3. The molecule has 0 aromatic heterocycles. The lowest BCUT2D eigenvalue weighted by molar-refractivity contribution is -0.140. The number of benzene rings is 2. The Hall–Kier alpha value is -4.45. The first-order chi connectivity index (χ1) is 18.6. The molecule has 3 rings (SSSR count). The normalized spacial score (nSPS) is 16.1. The van der Waals surface area contributed by atoms with Crippen LogP contribution >= 0.6 is 0 Å². The summed E-state index contributed by atoms with van der Waals surface area (Å²) in [6, 6.07) is 12.6. The monoisotopic (exact) mass is 539 g/mol. The highest BCUT2D eigenvalue weighted by atomic mass is 16.4. The number of likely N-dealkylation sites (tertiary alicyclic amines) is 1. The molecule has 208 valence electrons. The van der Waals surface area contributed by atoms with Crippen molar-refractivity contribution in [2.75, 3.05) is 19.6 Å². The van der Waals surface area contributed by atoms with Crippen LogP contribution in [0.15, 0.2) is 54.6 Å². The molecule has 7 N–H and O–H groups in total. The van der Waals surface area contributed by atoms with Crippen LogP contribution in [0.1, 0.15) is 24.0 Å². The number of hydrogen-bond donors (Lipinski definition) is 6. The first-order valence-corrected chi connectivity index (χ1v) is 12.6. The number of carboxylic acids is 1. The zero-order chi connectivity index (χ0) is 28.4. The van der Waals surface area contributed by atoms with E-state index in [9.17, 15) is 29.1 Å². The van der Waals surface area contributed by atoms with E-state index in [0.717, 1.165) is 11.1 Å². The Morgan fingerprint density at radius 1 is 0.923 bits per heavy atom. The SMILES string of the molecule is N[C@H](Cc1ccc(O)cc1)C(=O)N1CCC[C@H]1C(=O)N[C@H](Cc1ccccc1)C(=O)NCC(=O)NCC(=O)O. The van der Waals surface area contributed by atoms with Gasteiger partial charge in [0.05, 0.1) is 12.6 Å². The highest BCUT2D eigenvalue weighted by Gasteiger charge is 2.37. The van der Waals surface area contributed by atoms with E-state index in [1.807, 2.05) is 6.07 Å². The van der Waals surface area contributed by atoms with Gasteiger partial charge in [-0.05, 0) is 42.5 Å². The Morgan fingerprint density at radius 2 is 1.59 bits per heavy atom. The Kier molecular flexibility index (Phi) is 10.4. The number of carbonyl (C=O) groups excluding carboxylic acids is 4. The molecule has 0 unspecified atom stereocenters. The number of nitrogens with two attached hydrogens (primary N) is 1. The van der Waals surface area contributed by atoms with Gasteiger partial charge in [-0.3, -0.25) is 24.0 Å². The lowest BCUT2D eigenvalue weighted by Crippen LogP contribution is -2.56. The first kappa shape index (κ1) is 29.1. The first-order valence-electron chi connectivity index (χ1n) is 12.6. The summed E-state index contributed by atoms with van der Waals surface area (Å²) in [6.45, 7) is -0.702. The summed E-state index contributed by atoms with van der Waals surface area (Å²) in [5.74, 6) is -3.33. The van der Waals surface area contributed by atoms with Crippen LogP contribution in [0.25, 0.3) is 0 Å². The number of carbonyl (C=O) groups is 5. The minimum absolute atomic E-state index is 0.102. The van der Waals surface area contributed by atoms with E-state index in [1.165, 1.54) is 17.0 Å². The molecule has 39 heavy (non-hydrogen) atoms. The van der Waals surface area contributed by atoms with Gasteiger partial charge in [0.1, 0.15) is 24.4 Å². The topological polar surface area (TPSA) is 191 Å². The molecule has 0 aliphatic carbocycles. The van der Waals surface area contributed by atoms with Crippen LogP contribution in [-0.4, -0.2) is 82.5 Å². The minimum atomic E-state index is -1.22. The molecule has 12 heteroatoms. The van der Waals surface area contributed by atoms with Gasteiger partial charge >= 0.3 is 5.97 Å². The fourth-order valence-corrected chi connectivity index (χ4v) is 4.34. The van der Waals surface area contributed by atoms with E-state index in [4.69, 9.17) is 10.8 Å². The average Bonchev–Trinajstić information content (AvgIpc) is 3.41. The third-order valence-electron chi connectivity index (χ3n) is 6.32. The van der Waals surface area contributed by atoms with Crippen LogP contribution in [0, 0.1) is 0 Å². The number of nitrogens with zero attached hydrogens (tertiary/aromatic N) is 1. The average molecular weight is 540 g/mol. The van der Waals surface area contributed by atoms with Gasteiger partial charge in [0.15, 0.2) is 0 Å². The molecule has 0 radical (unpaired) electrons. The van der Waals surface area contributed by atoms with Crippen LogP contribution in [0.3, 0.4) is 0 Å². The van der Waals surface area contributed by atoms with Crippen molar-refractivity contribution < 1.29 is 34.2 Å². The van der Waals surface area contributed by atoms with Gasteiger partial charge in [-0.1, -0.05) is 42.5 Å². The lowest BCUT2D eigenvalue weighted by atomic mass is 10.0. The number of phenolic OH excluding ortho intramolecular Hbond substituents is 1. The number of amides is 4. The van der Waals surface area contributed by atoms with E-state index in [1.54, 1.807) is 36.4 Å². The maximum Gasteiger partial charge on any atom is 0.322 e. The fourth-order valence-electron chi connectivity index (χ4n) is 4.34. The highest BCUT2D eigenvalue weighted by molar-refractivity contribution is 5.94. The lowest BCUT2D eigenvalue weighted by Gasteiger charge is -2.28. The maximum atomic E-state index is 13.3. The van der Waals surface area contributed by atoms with Gasteiger partial charge < -0.3 is 36.8 Å². The Labute approximate surface area is 225 Å². The molecule has 4 amide bonds. The predicted octanol–water partition coefficient (Wildman–Crippen LogP) is -0.702. The summed E-state index contributed by atoms with van der Waals surface area (Å²) < 4.78 is 0. The largest absolute Gasteiger partial charge is 0.508 e. The number of aliphatic carboxylic acids is 1. The summed E-state index contributed by atoms with van der Waals surface area (Å²) in [7, 11) is 0. The summed E-state index contributed by atoms with van der Waals surface area (Å²) in [5, 5.41) is 25.4. The molecular weight excluding hydrogens is 506 g/mol. The second kappa shape index (κ2) is 13.9. The van der Waals surface area contributed by atoms with Gasteiger partial charge in [-0.2, -0.15) is 0 Å². The summed E-state index contributed by atoms with van der Waals surface area (Å²) in [4.78, 5) is 63.3. The van der Waals surface area contributed by atoms with E-state index in [-0.39, 0.29) is 24.5 Å². The number of rotatable bonds is 12. The summed E-state index contributed by atoms with van der Waals surface area (Å²) in [5.41, 5.74) is 7.70. The van der Waals surface area contributed by atoms with E-state index < -0.39 is 54.9 Å². The number of phenols is 1. The molecule has 0 saturated carbocycles. The third-order valence-corrected chi connectivity index (χ3v) is 6.32. The molecule has 3 atom stereocenters. The van der Waals surface area contributed by atoms with Gasteiger partial charge in [-0.15, -0.1) is 0 Å².